The van der Waals surface area contributed by atoms with Gasteiger partial charge in [0.15, 0.2) is 0 Å². The molecule has 2 unspecified atom stereocenters. The fraction of sp³-hybridized carbons (Fsp3) is 1.00. The van der Waals surface area contributed by atoms with Crippen molar-refractivity contribution < 1.29 is 0 Å². The lowest BCUT2D eigenvalue weighted by molar-refractivity contribution is 0.184. The van der Waals surface area contributed by atoms with Gasteiger partial charge in [-0.05, 0) is 37.6 Å². The molecule has 1 aliphatic heterocycles. The van der Waals surface area contributed by atoms with Crippen molar-refractivity contribution in [2.75, 3.05) is 19.6 Å². The first-order valence-corrected chi connectivity index (χ1v) is 8.27. The van der Waals surface area contributed by atoms with E-state index in [9.17, 15) is 0 Å². The van der Waals surface area contributed by atoms with Crippen LogP contribution < -0.4 is 5.73 Å². The smallest absolute Gasteiger partial charge is 0.0221 e. The molecule has 1 saturated heterocycles. The van der Waals surface area contributed by atoms with Crippen molar-refractivity contribution in [1.82, 2.24) is 4.90 Å². The van der Waals surface area contributed by atoms with Crippen molar-refractivity contribution in [3.63, 3.8) is 0 Å². The first-order chi connectivity index (χ1) is 8.83. The Hall–Kier alpha value is -0.0800. The molecule has 0 radical (unpaired) electrons. The van der Waals surface area contributed by atoms with Gasteiger partial charge in [0.2, 0.25) is 0 Å². The number of likely N-dealkylation sites (tertiary alicyclic amines) is 1. The Labute approximate surface area is 113 Å². The van der Waals surface area contributed by atoms with Crippen LogP contribution in [0.2, 0.25) is 0 Å². The van der Waals surface area contributed by atoms with Gasteiger partial charge in [-0.2, -0.15) is 0 Å². The molecule has 0 aromatic carbocycles. The van der Waals surface area contributed by atoms with Gasteiger partial charge >= 0.3 is 0 Å². The van der Waals surface area contributed by atoms with E-state index in [1.165, 1.54) is 70.9 Å². The molecule has 0 amide bonds. The number of hydrogen-bond donors (Lipinski definition) is 1. The molecule has 0 bridgehead atoms. The number of nitrogens with two attached hydrogens (primary N) is 1. The highest BCUT2D eigenvalue weighted by molar-refractivity contribution is 4.84. The van der Waals surface area contributed by atoms with Gasteiger partial charge in [-0.3, -0.25) is 4.90 Å². The minimum absolute atomic E-state index is 0.676. The van der Waals surface area contributed by atoms with Crippen LogP contribution in [0.3, 0.4) is 0 Å². The molecule has 2 rings (SSSR count). The van der Waals surface area contributed by atoms with Crippen molar-refractivity contribution in [3.05, 3.63) is 0 Å². The van der Waals surface area contributed by atoms with Crippen LogP contribution in [-0.4, -0.2) is 30.6 Å². The molecule has 2 heteroatoms. The normalized spacial score (nSPS) is 28.7. The van der Waals surface area contributed by atoms with Crippen molar-refractivity contribution in [2.45, 2.75) is 70.8 Å². The van der Waals surface area contributed by atoms with Crippen LogP contribution in [0, 0.1) is 11.8 Å². The topological polar surface area (TPSA) is 29.3 Å². The van der Waals surface area contributed by atoms with Gasteiger partial charge in [-0.15, -0.1) is 0 Å². The van der Waals surface area contributed by atoms with Crippen molar-refractivity contribution in [2.24, 2.45) is 17.6 Å². The molecule has 106 valence electrons. The SMILES string of the molecule is CCCC1CCN(C(CN)CC2CCCCC2)C1. The van der Waals surface area contributed by atoms with Crippen molar-refractivity contribution in [1.29, 1.82) is 0 Å². The number of rotatable bonds is 6. The molecule has 2 atom stereocenters. The van der Waals surface area contributed by atoms with E-state index in [0.29, 0.717) is 6.04 Å². The Morgan fingerprint density at radius 1 is 1.11 bits per heavy atom. The minimum Gasteiger partial charge on any atom is -0.329 e. The molecule has 2 fully saturated rings. The van der Waals surface area contributed by atoms with Crippen LogP contribution in [0.5, 0.6) is 0 Å². The first kappa shape index (κ1) is 14.3. The first-order valence-electron chi connectivity index (χ1n) is 8.27. The highest BCUT2D eigenvalue weighted by Gasteiger charge is 2.28. The lowest BCUT2D eigenvalue weighted by Gasteiger charge is -2.32. The fourth-order valence-corrected chi connectivity index (χ4v) is 4.04. The summed E-state index contributed by atoms with van der Waals surface area (Å²) < 4.78 is 0. The average Bonchev–Trinajstić information content (AvgIpc) is 2.86. The van der Waals surface area contributed by atoms with Gasteiger partial charge in [0.1, 0.15) is 0 Å². The summed E-state index contributed by atoms with van der Waals surface area (Å²) in [6.45, 7) is 5.81. The molecule has 18 heavy (non-hydrogen) atoms. The zero-order chi connectivity index (χ0) is 12.8. The van der Waals surface area contributed by atoms with Crippen LogP contribution >= 0.6 is 0 Å². The van der Waals surface area contributed by atoms with E-state index < -0.39 is 0 Å². The van der Waals surface area contributed by atoms with Crippen LogP contribution in [0.15, 0.2) is 0 Å². The summed E-state index contributed by atoms with van der Waals surface area (Å²) in [5.41, 5.74) is 6.05. The van der Waals surface area contributed by atoms with Gasteiger partial charge in [0.25, 0.3) is 0 Å². The predicted molar refractivity (Wildman–Crippen MR) is 78.6 cm³/mol. The molecule has 2 N–H and O–H groups in total. The highest BCUT2D eigenvalue weighted by atomic mass is 15.2. The molecule has 1 heterocycles. The van der Waals surface area contributed by atoms with E-state index in [1.807, 2.05) is 0 Å². The molecule has 0 spiro atoms. The second-order valence-electron chi connectivity index (χ2n) is 6.57. The van der Waals surface area contributed by atoms with Crippen LogP contribution in [0.1, 0.15) is 64.7 Å². The Morgan fingerprint density at radius 2 is 1.89 bits per heavy atom. The maximum Gasteiger partial charge on any atom is 0.0221 e. The second-order valence-corrected chi connectivity index (χ2v) is 6.57. The van der Waals surface area contributed by atoms with E-state index in [2.05, 4.69) is 11.8 Å². The van der Waals surface area contributed by atoms with E-state index in [1.54, 1.807) is 0 Å². The second kappa shape index (κ2) is 7.49. The summed E-state index contributed by atoms with van der Waals surface area (Å²) >= 11 is 0. The zero-order valence-electron chi connectivity index (χ0n) is 12.2. The summed E-state index contributed by atoms with van der Waals surface area (Å²) in [6.07, 6.45) is 12.8. The summed E-state index contributed by atoms with van der Waals surface area (Å²) in [7, 11) is 0. The van der Waals surface area contributed by atoms with E-state index >= 15 is 0 Å². The number of nitrogens with zero attached hydrogens (tertiary/aromatic N) is 1. The highest BCUT2D eigenvalue weighted by Crippen LogP contribution is 2.30. The average molecular weight is 252 g/mol. The summed E-state index contributed by atoms with van der Waals surface area (Å²) in [6, 6.07) is 0.676. The largest absolute Gasteiger partial charge is 0.329 e. The van der Waals surface area contributed by atoms with Gasteiger partial charge in [-0.25, -0.2) is 0 Å². The van der Waals surface area contributed by atoms with Crippen LogP contribution in [0.25, 0.3) is 0 Å². The minimum atomic E-state index is 0.676. The Balaban J connectivity index is 1.77. The Bertz CT molecular complexity index is 223. The maximum atomic E-state index is 6.05. The molecule has 0 aromatic heterocycles. The third-order valence-corrected chi connectivity index (χ3v) is 5.13. The van der Waals surface area contributed by atoms with Gasteiger partial charge in [0, 0.05) is 19.1 Å². The third kappa shape index (κ3) is 3.96. The molecular formula is C16H32N2. The lowest BCUT2D eigenvalue weighted by Crippen LogP contribution is -2.40. The standard InChI is InChI=1S/C16H32N2/c1-2-6-15-9-10-18(13-15)16(12-17)11-14-7-4-3-5-8-14/h14-16H,2-13,17H2,1H3. The molecule has 2 aliphatic rings. The van der Waals surface area contributed by atoms with E-state index in [-0.39, 0.29) is 0 Å². The third-order valence-electron chi connectivity index (χ3n) is 5.13. The predicted octanol–water partition coefficient (Wildman–Crippen LogP) is 3.41. The van der Waals surface area contributed by atoms with Gasteiger partial charge in [0.05, 0.1) is 0 Å². The summed E-state index contributed by atoms with van der Waals surface area (Å²) in [4.78, 5) is 2.70. The van der Waals surface area contributed by atoms with Crippen molar-refractivity contribution >= 4 is 0 Å². The zero-order valence-corrected chi connectivity index (χ0v) is 12.2. The summed E-state index contributed by atoms with van der Waals surface area (Å²) in [5, 5.41) is 0. The summed E-state index contributed by atoms with van der Waals surface area (Å²) in [5.74, 6) is 1.92. The molecule has 2 nitrogen and oxygen atoms in total. The fourth-order valence-electron chi connectivity index (χ4n) is 4.04. The lowest BCUT2D eigenvalue weighted by atomic mass is 9.84. The maximum absolute atomic E-state index is 6.05. The molecular weight excluding hydrogens is 220 g/mol. The van der Waals surface area contributed by atoms with Gasteiger partial charge < -0.3 is 5.73 Å². The van der Waals surface area contributed by atoms with E-state index in [0.717, 1.165) is 18.4 Å². The van der Waals surface area contributed by atoms with Crippen LogP contribution in [-0.2, 0) is 0 Å². The van der Waals surface area contributed by atoms with Crippen LogP contribution in [0.4, 0.5) is 0 Å². The molecule has 1 aliphatic carbocycles. The van der Waals surface area contributed by atoms with Crippen molar-refractivity contribution in [3.8, 4) is 0 Å². The van der Waals surface area contributed by atoms with Gasteiger partial charge in [-0.1, -0.05) is 45.4 Å². The quantitative estimate of drug-likeness (QED) is 0.785. The molecule has 1 saturated carbocycles. The Kier molecular flexibility index (Phi) is 5.97. The number of hydrogen-bond acceptors (Lipinski definition) is 2. The molecule has 0 aromatic rings. The van der Waals surface area contributed by atoms with E-state index in [4.69, 9.17) is 5.73 Å². The monoisotopic (exact) mass is 252 g/mol. The Morgan fingerprint density at radius 3 is 2.56 bits per heavy atom.